The molecule has 1 aliphatic rings. The molecule has 1 fully saturated rings. The second-order valence-corrected chi connectivity index (χ2v) is 17.8. The molecule has 0 aromatic heterocycles. The zero-order valence-corrected chi connectivity index (χ0v) is 36.2. The summed E-state index contributed by atoms with van der Waals surface area (Å²) >= 11 is 11.8. The van der Waals surface area contributed by atoms with Gasteiger partial charge in [-0.05, 0) is 67.6 Å². The highest BCUT2D eigenvalue weighted by Crippen LogP contribution is 2.37. The van der Waals surface area contributed by atoms with Gasteiger partial charge < -0.3 is 33.7 Å². The average Bonchev–Trinajstić information content (AvgIpc) is 3.38. The van der Waals surface area contributed by atoms with E-state index in [9.17, 15) is 51.9 Å². The van der Waals surface area contributed by atoms with Gasteiger partial charge in [-0.1, -0.05) is 41.4 Å². The number of rotatable bonds is 13. The van der Waals surface area contributed by atoms with E-state index in [4.69, 9.17) is 47.5 Å². The third-order valence-electron chi connectivity index (χ3n) is 6.74. The molecule has 4 rings (SSSR count). The zero-order valence-electron chi connectivity index (χ0n) is 32.9. The molecule has 1 heterocycles. The van der Waals surface area contributed by atoms with Crippen molar-refractivity contribution in [3.8, 4) is 11.5 Å². The van der Waals surface area contributed by atoms with Crippen LogP contribution < -0.4 is 14.9 Å². The molecule has 1 saturated heterocycles. The molecular formula is C36H43Cl2F3N3O14PS. The van der Waals surface area contributed by atoms with Crippen LogP contribution in [-0.4, -0.2) is 95.2 Å². The highest BCUT2D eigenvalue weighted by molar-refractivity contribution is 7.94. The van der Waals surface area contributed by atoms with Crippen LogP contribution in [0.25, 0.3) is 0 Å². The van der Waals surface area contributed by atoms with Crippen molar-refractivity contribution >= 4 is 71.2 Å². The first kappa shape index (κ1) is 53.5. The number of esters is 2. The van der Waals surface area contributed by atoms with E-state index in [1.54, 1.807) is 0 Å². The third kappa shape index (κ3) is 20.2. The van der Waals surface area contributed by atoms with Crippen molar-refractivity contribution in [3.63, 3.8) is 0 Å². The Labute approximate surface area is 355 Å². The van der Waals surface area contributed by atoms with Gasteiger partial charge in [-0.15, -0.1) is 0 Å². The number of nitrogens with zero attached hydrogens (tertiary/aromatic N) is 2. The Morgan fingerprint density at radius 3 is 2.15 bits per heavy atom. The first-order chi connectivity index (χ1) is 27.7. The summed E-state index contributed by atoms with van der Waals surface area (Å²) in [6.45, 7) is 4.93. The third-order valence-corrected chi connectivity index (χ3v) is 8.03. The largest absolute Gasteiger partial charge is 0.778 e. The lowest BCUT2D eigenvalue weighted by Crippen LogP contribution is -2.30. The molecule has 332 valence electrons. The first-order valence-electron chi connectivity index (χ1n) is 17.0. The van der Waals surface area contributed by atoms with Gasteiger partial charge in [0.25, 0.3) is 11.6 Å². The molecule has 0 saturated carbocycles. The molecule has 1 amide bonds. The number of alkyl halides is 3. The fraction of sp³-hybridized carbons (Fsp3) is 0.389. The Kier molecular flexibility index (Phi) is 22.0. The van der Waals surface area contributed by atoms with Crippen molar-refractivity contribution in [2.45, 2.75) is 33.5 Å². The normalized spacial score (nSPS) is 13.9. The highest BCUT2D eigenvalue weighted by atomic mass is 35.5. The molecule has 0 aliphatic carbocycles. The molecule has 3 aromatic rings. The number of carboxylic acids is 1. The maximum atomic E-state index is 12.7. The van der Waals surface area contributed by atoms with E-state index < -0.39 is 78.3 Å². The van der Waals surface area contributed by atoms with E-state index in [0.717, 1.165) is 35.9 Å². The number of carbonyl (C=O) groups excluding carboxylic acids is 3. The minimum absolute atomic E-state index is 0.00687. The number of amides is 1. The van der Waals surface area contributed by atoms with Crippen LogP contribution >= 0.6 is 30.8 Å². The lowest BCUT2D eigenvalue weighted by Gasteiger charge is -2.16. The highest BCUT2D eigenvalue weighted by Gasteiger charge is 2.40. The number of aliphatic carboxylic acids is 1. The van der Waals surface area contributed by atoms with Gasteiger partial charge in [0.2, 0.25) is 0 Å². The second kappa shape index (κ2) is 24.7. The van der Waals surface area contributed by atoms with Crippen molar-refractivity contribution < 1.29 is 75.8 Å². The Hall–Kier alpha value is -4.47. The van der Waals surface area contributed by atoms with Gasteiger partial charge in [-0.2, -0.15) is 13.2 Å². The molecule has 17 nitrogen and oxygen atoms in total. The van der Waals surface area contributed by atoms with Gasteiger partial charge in [0, 0.05) is 17.2 Å². The standard InChI is InChI=1S/C18H13ClF3NO7.C12H14ClNO2.C3H8NO5P.C3H9S/c1-2-28-16(24)9-29-17(25)12-8-11(4-5-14(12)23(26)27)30-15-6-3-10(7-13(15)19)18(20,21)22;1-12(2)8-16-14(11(12)15)7-9-5-3-4-6-10(9)13;5-3(6)1-4-2-10(7,8)9;1-4(2)3/h3-8H,2,9H2,1H3;3-6H,7-8H2,1-2H3;4H,1-2H2,(H,5,6)(H2,7,8,9);1-3H3/q;;;+1/p-1. The predicted molar refractivity (Wildman–Crippen MR) is 214 cm³/mol. The fourth-order valence-electron chi connectivity index (χ4n) is 4.09. The van der Waals surface area contributed by atoms with Crippen LogP contribution in [0.3, 0.4) is 0 Å². The summed E-state index contributed by atoms with van der Waals surface area (Å²) in [5.41, 5.74) is -1.69. The number of ether oxygens (including phenoxy) is 3. The van der Waals surface area contributed by atoms with Crippen molar-refractivity contribution in [3.05, 3.63) is 97.5 Å². The van der Waals surface area contributed by atoms with Crippen molar-refractivity contribution in [1.29, 1.82) is 0 Å². The molecule has 0 radical (unpaired) electrons. The number of carboxylic acid groups (broad SMARTS) is 1. The Morgan fingerprint density at radius 2 is 1.67 bits per heavy atom. The topological polar surface area (TPSA) is 244 Å². The SMILES string of the molecule is CC1(C)CON(Cc2ccccc2Cl)C1=O.CCOC(=O)COC(=O)c1cc(Oc2ccc(C(F)(F)F)cc2Cl)ccc1[N+](=O)[O-].C[S+](C)C.O=C(O)CNCP(=O)([O-])O. The summed E-state index contributed by atoms with van der Waals surface area (Å²) in [4.78, 5) is 78.8. The maximum absolute atomic E-state index is 12.7. The number of carbonyl (C=O) groups is 4. The van der Waals surface area contributed by atoms with Gasteiger partial charge in [-0.25, -0.2) is 14.7 Å². The molecular weight excluding hydrogens is 889 g/mol. The molecule has 1 atom stereocenters. The van der Waals surface area contributed by atoms with Gasteiger partial charge in [0.15, 0.2) is 6.61 Å². The first-order valence-corrected chi connectivity index (χ1v) is 21.9. The van der Waals surface area contributed by atoms with E-state index in [0.29, 0.717) is 35.1 Å². The summed E-state index contributed by atoms with van der Waals surface area (Å²) in [5, 5.41) is 22.8. The number of halogens is 5. The lowest BCUT2D eigenvalue weighted by molar-refractivity contribution is -0.385. The molecule has 0 spiro atoms. The second-order valence-electron chi connectivity index (χ2n) is 13.0. The van der Waals surface area contributed by atoms with Gasteiger partial charge in [0.1, 0.15) is 24.7 Å². The molecule has 60 heavy (non-hydrogen) atoms. The van der Waals surface area contributed by atoms with Crippen molar-refractivity contribution in [1.82, 2.24) is 10.4 Å². The number of nitrogens with one attached hydrogen (secondary N) is 1. The minimum atomic E-state index is -4.61. The van der Waals surface area contributed by atoms with Crippen molar-refractivity contribution in [2.24, 2.45) is 5.41 Å². The summed E-state index contributed by atoms with van der Waals surface area (Å²) in [6, 6.07) is 12.8. The van der Waals surface area contributed by atoms with Crippen LogP contribution in [0, 0.1) is 15.5 Å². The van der Waals surface area contributed by atoms with Crippen molar-refractivity contribution in [2.75, 3.05) is 51.4 Å². The quantitative estimate of drug-likeness (QED) is 0.0578. The van der Waals surface area contributed by atoms with Gasteiger partial charge in [-0.3, -0.25) is 29.9 Å². The Bertz CT molecular complexity index is 2000. The minimum Gasteiger partial charge on any atom is -0.778 e. The van der Waals surface area contributed by atoms with E-state index in [1.165, 1.54) is 12.0 Å². The van der Waals surface area contributed by atoms with Crippen LogP contribution in [0.4, 0.5) is 18.9 Å². The number of nitro benzene ring substituents is 1. The van der Waals surface area contributed by atoms with E-state index in [-0.39, 0.29) is 29.0 Å². The monoisotopic (exact) mass is 931 g/mol. The average molecular weight is 933 g/mol. The Balaban J connectivity index is 0.000000496. The van der Waals surface area contributed by atoms with Crippen LogP contribution in [0.15, 0.2) is 60.7 Å². The number of hydrogen-bond donors (Lipinski definition) is 3. The van der Waals surface area contributed by atoms with E-state index in [2.05, 4.69) is 23.5 Å². The van der Waals surface area contributed by atoms with Crippen LogP contribution in [-0.2, 0) is 56.9 Å². The summed E-state index contributed by atoms with van der Waals surface area (Å²) in [7, 11) is -3.71. The maximum Gasteiger partial charge on any atom is 0.416 e. The van der Waals surface area contributed by atoms with Gasteiger partial charge >= 0.3 is 24.1 Å². The van der Waals surface area contributed by atoms with Gasteiger partial charge in [0.05, 0.1) is 72.3 Å². The molecule has 1 aliphatic heterocycles. The van der Waals surface area contributed by atoms with Crippen LogP contribution in [0.1, 0.15) is 42.3 Å². The number of hydrogen-bond acceptors (Lipinski definition) is 13. The molecule has 24 heteroatoms. The summed E-state index contributed by atoms with van der Waals surface area (Å²) in [6.07, 6.45) is 1.27. The molecule has 1 unspecified atom stereocenters. The Morgan fingerprint density at radius 1 is 1.05 bits per heavy atom. The fourth-order valence-corrected chi connectivity index (χ4v) is 4.90. The van der Waals surface area contributed by atoms with Crippen LogP contribution in [0.2, 0.25) is 10.0 Å². The molecule has 3 aromatic carbocycles. The molecule has 3 N–H and O–H groups in total. The predicted octanol–water partition coefficient (Wildman–Crippen LogP) is 6.08. The number of benzene rings is 3. The summed E-state index contributed by atoms with van der Waals surface area (Å²) in [5.74, 6) is -3.52. The molecule has 0 bridgehead atoms. The number of nitro groups is 1. The van der Waals surface area contributed by atoms with Crippen LogP contribution in [0.5, 0.6) is 11.5 Å². The van der Waals surface area contributed by atoms with E-state index >= 15 is 0 Å². The van der Waals surface area contributed by atoms with E-state index in [1.807, 2.05) is 43.4 Å². The zero-order chi connectivity index (χ0) is 46.0. The smallest absolute Gasteiger partial charge is 0.416 e. The number of hydroxylamine groups is 2. The lowest BCUT2D eigenvalue weighted by atomic mass is 9.95. The summed E-state index contributed by atoms with van der Waals surface area (Å²) < 4.78 is 62.7.